The Labute approximate surface area is 130 Å². The van der Waals surface area contributed by atoms with Gasteiger partial charge < -0.3 is 15.4 Å². The lowest BCUT2D eigenvalue weighted by Crippen LogP contribution is -2.33. The number of anilines is 2. The zero-order valence-corrected chi connectivity index (χ0v) is 12.8. The fraction of sp³-hybridized carbons (Fsp3) is 0.294. The fourth-order valence-electron chi connectivity index (χ4n) is 2.50. The minimum Gasteiger partial charge on any atom is -0.371 e. The van der Waals surface area contributed by atoms with Crippen molar-refractivity contribution < 1.29 is 4.74 Å². The van der Waals surface area contributed by atoms with Gasteiger partial charge in [0.1, 0.15) is 0 Å². The first-order valence-corrected chi connectivity index (χ1v) is 7.55. The Hall–Kier alpha value is -1.55. The maximum absolute atomic E-state index is 5.91. The van der Waals surface area contributed by atoms with Crippen molar-refractivity contribution in [1.29, 1.82) is 0 Å². The number of ether oxygens (including phenoxy) is 1. The van der Waals surface area contributed by atoms with Gasteiger partial charge in [-0.3, -0.25) is 0 Å². The average molecular weight is 303 g/mol. The van der Waals surface area contributed by atoms with Crippen LogP contribution in [0.3, 0.4) is 0 Å². The van der Waals surface area contributed by atoms with Gasteiger partial charge in [-0.2, -0.15) is 0 Å². The molecule has 0 saturated carbocycles. The Morgan fingerprint density at radius 1 is 1.19 bits per heavy atom. The lowest BCUT2D eigenvalue weighted by atomic mass is 10.0. The van der Waals surface area contributed by atoms with Gasteiger partial charge in [-0.1, -0.05) is 23.7 Å². The van der Waals surface area contributed by atoms with Crippen LogP contribution in [0.1, 0.15) is 17.2 Å². The fourth-order valence-corrected chi connectivity index (χ4v) is 2.62. The predicted molar refractivity (Wildman–Crippen MR) is 87.5 cm³/mol. The highest BCUT2D eigenvalue weighted by Gasteiger charge is 2.16. The molecule has 0 aliphatic carbocycles. The molecule has 1 atom stereocenters. The van der Waals surface area contributed by atoms with Crippen LogP contribution in [0.25, 0.3) is 0 Å². The van der Waals surface area contributed by atoms with Gasteiger partial charge in [0.2, 0.25) is 0 Å². The van der Waals surface area contributed by atoms with Gasteiger partial charge in [0.15, 0.2) is 0 Å². The number of morpholine rings is 1. The van der Waals surface area contributed by atoms with E-state index in [9.17, 15) is 0 Å². The molecule has 1 heterocycles. The number of aryl methyl sites for hydroxylation is 1. The summed E-state index contributed by atoms with van der Waals surface area (Å²) < 4.78 is 5.79. The Balaban J connectivity index is 1.76. The standard InChI is InChI=1S/C17H19ClN2O/c1-12-10-13(17-11-19-8-9-21-17)2-7-16(12)20-15-5-3-14(18)4-6-15/h2-7,10,17,19-20H,8-9,11H2,1H3. The Morgan fingerprint density at radius 2 is 2.00 bits per heavy atom. The van der Waals surface area contributed by atoms with E-state index in [-0.39, 0.29) is 6.10 Å². The number of halogens is 1. The molecule has 21 heavy (non-hydrogen) atoms. The van der Waals surface area contributed by atoms with E-state index >= 15 is 0 Å². The van der Waals surface area contributed by atoms with Crippen LogP contribution < -0.4 is 10.6 Å². The van der Waals surface area contributed by atoms with Gasteiger partial charge in [-0.05, 0) is 48.4 Å². The number of hydrogen-bond donors (Lipinski definition) is 2. The molecule has 0 aromatic heterocycles. The van der Waals surface area contributed by atoms with Gasteiger partial charge in [0.25, 0.3) is 0 Å². The highest BCUT2D eigenvalue weighted by Crippen LogP contribution is 2.26. The van der Waals surface area contributed by atoms with Crippen molar-refractivity contribution in [2.75, 3.05) is 25.0 Å². The topological polar surface area (TPSA) is 33.3 Å². The smallest absolute Gasteiger partial charge is 0.0949 e. The summed E-state index contributed by atoms with van der Waals surface area (Å²) in [5.41, 5.74) is 4.56. The largest absolute Gasteiger partial charge is 0.371 e. The summed E-state index contributed by atoms with van der Waals surface area (Å²) in [6.07, 6.45) is 0.155. The van der Waals surface area contributed by atoms with Crippen LogP contribution >= 0.6 is 11.6 Å². The van der Waals surface area contributed by atoms with Crippen molar-refractivity contribution in [1.82, 2.24) is 5.32 Å². The second kappa shape index (κ2) is 6.48. The molecule has 1 fully saturated rings. The summed E-state index contributed by atoms with van der Waals surface area (Å²) in [7, 11) is 0. The summed E-state index contributed by atoms with van der Waals surface area (Å²) in [6, 6.07) is 14.1. The van der Waals surface area contributed by atoms with Gasteiger partial charge in [-0.15, -0.1) is 0 Å². The van der Waals surface area contributed by atoms with Crippen molar-refractivity contribution in [3.63, 3.8) is 0 Å². The lowest BCUT2D eigenvalue weighted by molar-refractivity contribution is 0.0277. The highest BCUT2D eigenvalue weighted by molar-refractivity contribution is 6.30. The van der Waals surface area contributed by atoms with Crippen molar-refractivity contribution in [2.24, 2.45) is 0 Å². The number of benzene rings is 2. The molecule has 3 rings (SSSR count). The first-order valence-electron chi connectivity index (χ1n) is 7.18. The number of nitrogens with one attached hydrogen (secondary N) is 2. The van der Waals surface area contributed by atoms with E-state index in [2.05, 4.69) is 35.8 Å². The Bertz CT molecular complexity index is 607. The molecular formula is C17H19ClN2O. The van der Waals surface area contributed by atoms with Crippen LogP contribution in [-0.2, 0) is 4.74 Å². The van der Waals surface area contributed by atoms with E-state index in [1.165, 1.54) is 11.1 Å². The molecule has 2 N–H and O–H groups in total. The molecule has 4 heteroatoms. The normalized spacial score (nSPS) is 18.5. The molecule has 1 aliphatic heterocycles. The SMILES string of the molecule is Cc1cc(C2CNCCO2)ccc1Nc1ccc(Cl)cc1. The molecule has 110 valence electrons. The van der Waals surface area contributed by atoms with Crippen LogP contribution in [-0.4, -0.2) is 19.7 Å². The van der Waals surface area contributed by atoms with Crippen molar-refractivity contribution >= 4 is 23.0 Å². The third-order valence-corrected chi connectivity index (χ3v) is 3.93. The van der Waals surface area contributed by atoms with E-state index in [0.717, 1.165) is 36.1 Å². The van der Waals surface area contributed by atoms with Crippen molar-refractivity contribution in [2.45, 2.75) is 13.0 Å². The highest BCUT2D eigenvalue weighted by atomic mass is 35.5. The minimum atomic E-state index is 0.155. The first-order chi connectivity index (χ1) is 10.2. The second-order valence-corrected chi connectivity index (χ2v) is 5.71. The second-order valence-electron chi connectivity index (χ2n) is 5.27. The van der Waals surface area contributed by atoms with E-state index in [4.69, 9.17) is 16.3 Å². The van der Waals surface area contributed by atoms with Crippen LogP contribution in [0.2, 0.25) is 5.02 Å². The van der Waals surface area contributed by atoms with Crippen LogP contribution in [0, 0.1) is 6.92 Å². The molecule has 1 unspecified atom stereocenters. The minimum absolute atomic E-state index is 0.155. The van der Waals surface area contributed by atoms with E-state index in [0.29, 0.717) is 0 Å². The zero-order chi connectivity index (χ0) is 14.7. The molecule has 0 spiro atoms. The molecule has 0 radical (unpaired) electrons. The third-order valence-electron chi connectivity index (χ3n) is 3.67. The van der Waals surface area contributed by atoms with E-state index in [1.54, 1.807) is 0 Å². The maximum Gasteiger partial charge on any atom is 0.0949 e. The summed E-state index contributed by atoms with van der Waals surface area (Å²) in [5.74, 6) is 0. The summed E-state index contributed by atoms with van der Waals surface area (Å²) in [4.78, 5) is 0. The lowest BCUT2D eigenvalue weighted by Gasteiger charge is -2.24. The molecule has 1 aliphatic rings. The molecule has 3 nitrogen and oxygen atoms in total. The van der Waals surface area contributed by atoms with Gasteiger partial charge >= 0.3 is 0 Å². The number of rotatable bonds is 3. The van der Waals surface area contributed by atoms with E-state index in [1.807, 2.05) is 24.3 Å². The molecule has 2 aromatic carbocycles. The van der Waals surface area contributed by atoms with Crippen LogP contribution in [0.4, 0.5) is 11.4 Å². The number of hydrogen-bond acceptors (Lipinski definition) is 3. The molecule has 2 aromatic rings. The quantitative estimate of drug-likeness (QED) is 0.897. The van der Waals surface area contributed by atoms with Gasteiger partial charge in [0, 0.05) is 29.5 Å². The van der Waals surface area contributed by atoms with Crippen molar-refractivity contribution in [3.05, 3.63) is 58.6 Å². The molecule has 0 amide bonds. The van der Waals surface area contributed by atoms with E-state index < -0.39 is 0 Å². The van der Waals surface area contributed by atoms with Crippen LogP contribution in [0.15, 0.2) is 42.5 Å². The van der Waals surface area contributed by atoms with Crippen molar-refractivity contribution in [3.8, 4) is 0 Å². The Morgan fingerprint density at radius 3 is 2.67 bits per heavy atom. The first kappa shape index (κ1) is 14.4. The zero-order valence-electron chi connectivity index (χ0n) is 12.0. The predicted octanol–water partition coefficient (Wildman–Crippen LogP) is 4.05. The molecular weight excluding hydrogens is 284 g/mol. The monoisotopic (exact) mass is 302 g/mol. The third kappa shape index (κ3) is 3.56. The molecule has 0 bridgehead atoms. The van der Waals surface area contributed by atoms with Gasteiger partial charge in [-0.25, -0.2) is 0 Å². The summed E-state index contributed by atoms with van der Waals surface area (Å²) in [6.45, 7) is 4.70. The summed E-state index contributed by atoms with van der Waals surface area (Å²) >= 11 is 5.91. The Kier molecular flexibility index (Phi) is 4.44. The summed E-state index contributed by atoms with van der Waals surface area (Å²) in [5, 5.41) is 7.52. The van der Waals surface area contributed by atoms with Gasteiger partial charge in [0.05, 0.1) is 12.7 Å². The average Bonchev–Trinajstić information content (AvgIpc) is 2.52. The molecule has 1 saturated heterocycles. The van der Waals surface area contributed by atoms with Crippen LogP contribution in [0.5, 0.6) is 0 Å². The maximum atomic E-state index is 5.91.